The number of pyridine rings is 1. The molecule has 8 nitrogen and oxygen atoms in total. The summed E-state index contributed by atoms with van der Waals surface area (Å²) in [6.45, 7) is 5.93. The van der Waals surface area contributed by atoms with Crippen molar-refractivity contribution in [1.29, 1.82) is 0 Å². The third kappa shape index (κ3) is 4.64. The fourth-order valence-electron chi connectivity index (χ4n) is 5.95. The molecule has 1 aromatic carbocycles. The van der Waals surface area contributed by atoms with Gasteiger partial charge in [-0.3, -0.25) is 19.5 Å². The van der Waals surface area contributed by atoms with Crippen molar-refractivity contribution in [2.24, 2.45) is 0 Å². The Kier molecular flexibility index (Phi) is 6.53. The molecule has 0 unspecified atom stereocenters. The van der Waals surface area contributed by atoms with Gasteiger partial charge in [0.1, 0.15) is 0 Å². The van der Waals surface area contributed by atoms with Gasteiger partial charge in [0.15, 0.2) is 0 Å². The van der Waals surface area contributed by atoms with E-state index in [2.05, 4.69) is 32.2 Å². The van der Waals surface area contributed by atoms with E-state index in [-0.39, 0.29) is 24.2 Å². The van der Waals surface area contributed by atoms with Crippen LogP contribution in [0.5, 0.6) is 0 Å². The molecule has 2 aromatic heterocycles. The lowest BCUT2D eigenvalue weighted by molar-refractivity contribution is -0.134. The zero-order valence-corrected chi connectivity index (χ0v) is 22.1. The van der Waals surface area contributed by atoms with Gasteiger partial charge in [-0.05, 0) is 87.9 Å². The van der Waals surface area contributed by atoms with Crippen LogP contribution in [0.2, 0.25) is 0 Å². The van der Waals surface area contributed by atoms with E-state index >= 15 is 0 Å². The number of aromatic nitrogens is 3. The molecular weight excluding hydrogens is 504 g/mol. The number of hydrogen-bond acceptors (Lipinski definition) is 7. The monoisotopic (exact) mass is 535 g/mol. The summed E-state index contributed by atoms with van der Waals surface area (Å²) in [6, 6.07) is 9.97. The molecule has 4 heterocycles. The fourth-order valence-corrected chi connectivity index (χ4v) is 5.95. The molecule has 0 spiro atoms. The highest BCUT2D eigenvalue weighted by Crippen LogP contribution is 2.39. The number of halogens is 2. The molecule has 3 aliphatic rings. The van der Waals surface area contributed by atoms with E-state index in [0.29, 0.717) is 22.7 Å². The first-order valence-electron chi connectivity index (χ1n) is 13.5. The van der Waals surface area contributed by atoms with Crippen LogP contribution in [0.3, 0.4) is 0 Å². The Labute approximate surface area is 225 Å². The van der Waals surface area contributed by atoms with Gasteiger partial charge in [0.2, 0.25) is 11.8 Å². The van der Waals surface area contributed by atoms with Crippen LogP contribution in [-0.4, -0.2) is 55.9 Å². The highest BCUT2D eigenvalue weighted by Gasteiger charge is 2.45. The molecule has 6 rings (SSSR count). The summed E-state index contributed by atoms with van der Waals surface area (Å²) in [7, 11) is 0. The molecule has 1 saturated heterocycles. The molecule has 1 saturated carbocycles. The lowest BCUT2D eigenvalue weighted by Crippen LogP contribution is -2.51. The Morgan fingerprint density at radius 3 is 2.44 bits per heavy atom. The minimum absolute atomic E-state index is 0.00564. The average Bonchev–Trinajstić information content (AvgIpc) is 3.41. The number of carbonyl (C=O) groups is 2. The second-order valence-corrected chi connectivity index (χ2v) is 11.3. The summed E-state index contributed by atoms with van der Waals surface area (Å²) in [4.78, 5) is 35.3. The van der Waals surface area contributed by atoms with E-state index in [9.17, 15) is 18.4 Å². The summed E-state index contributed by atoms with van der Waals surface area (Å²) in [5, 5.41) is 6.95. The number of piperidine rings is 1. The number of nitrogens with zero attached hydrogens (tertiary/aromatic N) is 5. The van der Waals surface area contributed by atoms with E-state index in [4.69, 9.17) is 4.42 Å². The topological polar surface area (TPSA) is 92.4 Å². The van der Waals surface area contributed by atoms with Crippen LogP contribution in [0, 0.1) is 0 Å². The molecule has 0 atom stereocenters. The van der Waals surface area contributed by atoms with Gasteiger partial charge in [-0.15, -0.1) is 10.2 Å². The van der Waals surface area contributed by atoms with Gasteiger partial charge in [-0.2, -0.15) is 8.78 Å². The molecule has 2 amide bonds. The normalized spacial score (nSPS) is 20.4. The number of carbonyl (C=O) groups excluding carboxylic acids is 2. The van der Waals surface area contributed by atoms with Gasteiger partial charge in [0.25, 0.3) is 11.8 Å². The molecule has 0 N–H and O–H groups in total. The zero-order chi connectivity index (χ0) is 27.3. The summed E-state index contributed by atoms with van der Waals surface area (Å²) in [5.74, 6) is -1.02. The Morgan fingerprint density at radius 2 is 1.82 bits per heavy atom. The van der Waals surface area contributed by atoms with Crippen molar-refractivity contribution in [3.8, 4) is 11.5 Å². The van der Waals surface area contributed by atoms with Crippen LogP contribution >= 0.6 is 0 Å². The smallest absolute Gasteiger partial charge is 0.314 e. The maximum Gasteiger partial charge on any atom is 0.314 e. The number of amides is 2. The third-order valence-electron chi connectivity index (χ3n) is 8.58. The second kappa shape index (κ2) is 9.89. The van der Waals surface area contributed by atoms with Crippen molar-refractivity contribution in [3.63, 3.8) is 0 Å². The van der Waals surface area contributed by atoms with Crippen molar-refractivity contribution in [2.75, 3.05) is 13.1 Å². The Balaban J connectivity index is 1.19. The zero-order valence-electron chi connectivity index (χ0n) is 22.1. The number of rotatable bonds is 6. The first-order valence-corrected chi connectivity index (χ1v) is 13.5. The van der Waals surface area contributed by atoms with Gasteiger partial charge in [-0.1, -0.05) is 18.6 Å². The lowest BCUT2D eigenvalue weighted by Gasteiger charge is -2.42. The van der Waals surface area contributed by atoms with Crippen LogP contribution < -0.4 is 0 Å². The van der Waals surface area contributed by atoms with Gasteiger partial charge >= 0.3 is 6.43 Å². The van der Waals surface area contributed by atoms with E-state index in [0.717, 1.165) is 37.5 Å². The van der Waals surface area contributed by atoms with Gasteiger partial charge in [0.05, 0.1) is 23.2 Å². The Bertz CT molecular complexity index is 1390. The van der Waals surface area contributed by atoms with Crippen molar-refractivity contribution >= 4 is 11.8 Å². The van der Waals surface area contributed by atoms with Crippen LogP contribution in [0.4, 0.5) is 8.78 Å². The largest absolute Gasteiger partial charge is 0.415 e. The van der Waals surface area contributed by atoms with Crippen LogP contribution in [0.25, 0.3) is 11.5 Å². The summed E-state index contributed by atoms with van der Waals surface area (Å²) in [6.07, 6.45) is 4.71. The quantitative estimate of drug-likeness (QED) is 0.398. The maximum absolute atomic E-state index is 13.6. The number of benzene rings is 1. The van der Waals surface area contributed by atoms with Crippen molar-refractivity contribution in [3.05, 3.63) is 64.8 Å². The molecule has 0 bridgehead atoms. The van der Waals surface area contributed by atoms with Gasteiger partial charge in [-0.25, -0.2) is 0 Å². The van der Waals surface area contributed by atoms with E-state index in [1.807, 2.05) is 19.9 Å². The van der Waals surface area contributed by atoms with Gasteiger partial charge < -0.3 is 9.32 Å². The number of fused-ring (bicyclic) bond motifs is 1. The molecule has 10 heteroatoms. The average molecular weight is 536 g/mol. The molecule has 1 aliphatic carbocycles. The predicted molar refractivity (Wildman–Crippen MR) is 138 cm³/mol. The first kappa shape index (κ1) is 25.7. The summed E-state index contributed by atoms with van der Waals surface area (Å²) in [5.41, 5.74) is 2.49. The minimum atomic E-state index is -2.86. The second-order valence-electron chi connectivity index (χ2n) is 11.3. The van der Waals surface area contributed by atoms with Crippen molar-refractivity contribution < 1.29 is 22.8 Å². The van der Waals surface area contributed by atoms with Crippen molar-refractivity contribution in [2.45, 2.75) is 76.3 Å². The Hall–Kier alpha value is -3.53. The van der Waals surface area contributed by atoms with Crippen LogP contribution in [-0.2, 0) is 16.8 Å². The highest BCUT2D eigenvalue weighted by atomic mass is 19.3. The molecule has 39 heavy (non-hydrogen) atoms. The molecular formula is C29H31F2N5O3. The molecule has 3 aromatic rings. The summed E-state index contributed by atoms with van der Waals surface area (Å²) < 4.78 is 30.5. The van der Waals surface area contributed by atoms with Crippen LogP contribution in [0.1, 0.15) is 91.4 Å². The van der Waals surface area contributed by atoms with Crippen LogP contribution in [0.15, 0.2) is 40.9 Å². The fraction of sp³-hybridized carbons (Fsp3) is 0.483. The predicted octanol–water partition coefficient (Wildman–Crippen LogP) is 5.26. The SMILES string of the molecule is CC1(C)C(=O)N(Cc2ccc(-c3nnc(C(F)F)o3)cn2)C(=O)c2ccc(C3CCN(C4CCC4)CC3)cc21. The molecule has 2 aliphatic heterocycles. The lowest BCUT2D eigenvalue weighted by atomic mass is 9.75. The Morgan fingerprint density at radius 1 is 1.05 bits per heavy atom. The third-order valence-corrected chi connectivity index (χ3v) is 8.58. The van der Waals surface area contributed by atoms with E-state index in [1.165, 1.54) is 35.9 Å². The number of imide groups is 1. The highest BCUT2D eigenvalue weighted by molar-refractivity contribution is 6.12. The van der Waals surface area contributed by atoms with E-state index < -0.39 is 17.7 Å². The first-order chi connectivity index (χ1) is 18.7. The van der Waals surface area contributed by atoms with E-state index in [1.54, 1.807) is 12.1 Å². The number of hydrogen-bond donors (Lipinski definition) is 0. The minimum Gasteiger partial charge on any atom is -0.415 e. The summed E-state index contributed by atoms with van der Waals surface area (Å²) >= 11 is 0. The molecule has 2 fully saturated rings. The van der Waals surface area contributed by atoms with Crippen molar-refractivity contribution in [1.82, 2.24) is 25.0 Å². The number of alkyl halides is 2. The molecule has 204 valence electrons. The number of likely N-dealkylation sites (tertiary alicyclic amines) is 1. The maximum atomic E-state index is 13.6. The molecule has 0 radical (unpaired) electrons. The standard InChI is InChI=1S/C29H31F2N5O3/c1-29(2)23-14-18(17-10-12-35(13-11-17)21-4-3-5-21)7-9-22(23)27(37)36(28(29)38)16-20-8-6-19(15-32-20)25-33-34-26(39-25)24(30)31/h6-9,14-15,17,21,24H,3-5,10-13,16H2,1-2H3. The van der Waals surface area contributed by atoms with Gasteiger partial charge in [0, 0.05) is 17.8 Å².